The van der Waals surface area contributed by atoms with Crippen molar-refractivity contribution in [2.24, 2.45) is 4.99 Å². The number of hydrogen-bond acceptors (Lipinski definition) is 6. The molecule has 0 aromatic heterocycles. The van der Waals surface area contributed by atoms with Crippen molar-refractivity contribution in [3.05, 3.63) is 48.3 Å². The van der Waals surface area contributed by atoms with Crippen molar-refractivity contribution >= 4 is 29.1 Å². The highest BCUT2D eigenvalue weighted by atomic mass is 19.1. The molecule has 0 spiro atoms. The number of anilines is 2. The first-order valence-electron chi connectivity index (χ1n) is 8.67. The number of halogens is 1. The molecule has 0 bridgehead atoms. The molecule has 0 fully saturated rings. The number of rotatable bonds is 3. The third-order valence-corrected chi connectivity index (χ3v) is 4.14. The van der Waals surface area contributed by atoms with Crippen molar-refractivity contribution in [2.45, 2.75) is 12.5 Å². The van der Waals surface area contributed by atoms with Crippen LogP contribution in [0.3, 0.4) is 0 Å². The third kappa shape index (κ3) is 4.03. The predicted molar refractivity (Wildman–Crippen MR) is 100 cm³/mol. The summed E-state index contributed by atoms with van der Waals surface area (Å²) >= 11 is 0. The van der Waals surface area contributed by atoms with E-state index in [4.69, 9.17) is 9.47 Å². The molecule has 144 valence electrons. The van der Waals surface area contributed by atoms with Gasteiger partial charge in [-0.3, -0.25) is 14.9 Å². The van der Waals surface area contributed by atoms with Gasteiger partial charge in [0.25, 0.3) is 0 Å². The van der Waals surface area contributed by atoms with Gasteiger partial charge in [0.15, 0.2) is 11.5 Å². The van der Waals surface area contributed by atoms with Crippen molar-refractivity contribution in [3.8, 4) is 11.5 Å². The summed E-state index contributed by atoms with van der Waals surface area (Å²) in [6.45, 7) is 0.921. The maximum atomic E-state index is 13.0. The molecule has 9 heteroatoms. The van der Waals surface area contributed by atoms with Crippen LogP contribution >= 0.6 is 0 Å². The normalized spacial score (nSPS) is 18.0. The minimum Gasteiger partial charge on any atom is -0.486 e. The van der Waals surface area contributed by atoms with E-state index < -0.39 is 11.9 Å². The fourth-order valence-electron chi connectivity index (χ4n) is 2.82. The van der Waals surface area contributed by atoms with E-state index in [9.17, 15) is 14.0 Å². The van der Waals surface area contributed by atoms with E-state index in [1.165, 1.54) is 24.3 Å². The first kappa shape index (κ1) is 17.8. The molecule has 0 saturated heterocycles. The number of guanidine groups is 1. The number of ether oxygens (including phenoxy) is 2. The molecular weight excluding hydrogens is 367 g/mol. The van der Waals surface area contributed by atoms with Crippen molar-refractivity contribution < 1.29 is 23.5 Å². The highest BCUT2D eigenvalue weighted by Gasteiger charge is 2.27. The second-order valence-corrected chi connectivity index (χ2v) is 6.23. The monoisotopic (exact) mass is 384 g/mol. The molecule has 4 rings (SSSR count). The van der Waals surface area contributed by atoms with Crippen LogP contribution < -0.4 is 25.4 Å². The van der Waals surface area contributed by atoms with E-state index in [1.807, 2.05) is 0 Å². The van der Waals surface area contributed by atoms with Gasteiger partial charge >= 0.3 is 0 Å². The van der Waals surface area contributed by atoms with Gasteiger partial charge in [-0.05, 0) is 36.4 Å². The Morgan fingerprint density at radius 2 is 1.79 bits per heavy atom. The molecule has 1 atom stereocenters. The molecule has 1 unspecified atom stereocenters. The Labute approximate surface area is 159 Å². The number of nitrogens with one attached hydrogen (secondary N) is 3. The first-order valence-corrected chi connectivity index (χ1v) is 8.67. The van der Waals surface area contributed by atoms with Gasteiger partial charge in [-0.1, -0.05) is 0 Å². The quantitative estimate of drug-likeness (QED) is 0.750. The predicted octanol–water partition coefficient (Wildman–Crippen LogP) is 1.89. The molecule has 2 aliphatic heterocycles. The minimum atomic E-state index is -0.898. The van der Waals surface area contributed by atoms with Crippen LogP contribution in [-0.4, -0.2) is 37.0 Å². The summed E-state index contributed by atoms with van der Waals surface area (Å²) in [6.07, 6.45) is -0.0784. The number of nitrogens with zero attached hydrogens (tertiary/aromatic N) is 1. The zero-order valence-electron chi connectivity index (χ0n) is 14.7. The number of amides is 2. The van der Waals surface area contributed by atoms with Crippen LogP contribution in [0.2, 0.25) is 0 Å². The highest BCUT2D eigenvalue weighted by Crippen LogP contribution is 2.32. The fraction of sp³-hybridized carbons (Fsp3) is 0.211. The van der Waals surface area contributed by atoms with Crippen LogP contribution in [0.25, 0.3) is 0 Å². The fourth-order valence-corrected chi connectivity index (χ4v) is 2.82. The zero-order chi connectivity index (χ0) is 19.5. The molecule has 0 aliphatic carbocycles. The van der Waals surface area contributed by atoms with Gasteiger partial charge in [0.1, 0.15) is 25.1 Å². The summed E-state index contributed by atoms with van der Waals surface area (Å²) in [5.74, 6) is 0.145. The minimum absolute atomic E-state index is 0.0784. The SMILES string of the molecule is O=C1CC(C(=O)Nc2ccc3c(c2)OCCO3)N=C(Nc2ccc(F)cc2)N1. The molecule has 0 radical (unpaired) electrons. The van der Waals surface area contributed by atoms with Gasteiger partial charge in [-0.2, -0.15) is 0 Å². The summed E-state index contributed by atoms with van der Waals surface area (Å²) in [5.41, 5.74) is 1.05. The smallest absolute Gasteiger partial charge is 0.249 e. The van der Waals surface area contributed by atoms with Gasteiger partial charge < -0.3 is 20.1 Å². The molecule has 0 saturated carbocycles. The van der Waals surface area contributed by atoms with Crippen LogP contribution in [0.15, 0.2) is 47.5 Å². The lowest BCUT2D eigenvalue weighted by atomic mass is 10.1. The van der Waals surface area contributed by atoms with Gasteiger partial charge in [-0.15, -0.1) is 0 Å². The van der Waals surface area contributed by atoms with E-state index in [0.29, 0.717) is 36.1 Å². The van der Waals surface area contributed by atoms with E-state index in [0.717, 1.165) is 0 Å². The van der Waals surface area contributed by atoms with Gasteiger partial charge in [-0.25, -0.2) is 9.38 Å². The summed E-state index contributed by atoms with van der Waals surface area (Å²) in [6, 6.07) is 9.73. The zero-order valence-corrected chi connectivity index (χ0v) is 14.7. The number of carbonyl (C=O) groups is 2. The molecule has 2 aromatic rings. The van der Waals surface area contributed by atoms with Crippen LogP contribution in [0.5, 0.6) is 11.5 Å². The Balaban J connectivity index is 1.46. The number of carbonyl (C=O) groups excluding carboxylic acids is 2. The van der Waals surface area contributed by atoms with E-state index in [2.05, 4.69) is 20.9 Å². The van der Waals surface area contributed by atoms with Crippen LogP contribution in [0, 0.1) is 5.82 Å². The standard InChI is InChI=1S/C19H17FN4O4/c20-11-1-3-12(4-2-11)22-19-23-14(10-17(25)24-19)18(26)21-13-5-6-15-16(9-13)28-8-7-27-15/h1-6,9,14H,7-8,10H2,(H,21,26)(H2,22,23,24,25). The van der Waals surface area contributed by atoms with Gasteiger partial charge in [0, 0.05) is 17.4 Å². The van der Waals surface area contributed by atoms with Crippen LogP contribution in [0.1, 0.15) is 6.42 Å². The van der Waals surface area contributed by atoms with Gasteiger partial charge in [0.05, 0.1) is 6.42 Å². The maximum absolute atomic E-state index is 13.0. The lowest BCUT2D eigenvalue weighted by Gasteiger charge is -2.22. The second kappa shape index (κ2) is 7.55. The summed E-state index contributed by atoms with van der Waals surface area (Å²) < 4.78 is 24.0. The molecular formula is C19H17FN4O4. The Hall–Kier alpha value is -3.62. The maximum Gasteiger partial charge on any atom is 0.249 e. The summed E-state index contributed by atoms with van der Waals surface area (Å²) in [7, 11) is 0. The number of benzene rings is 2. The number of aliphatic imine (C=N–C) groups is 1. The van der Waals surface area contributed by atoms with Crippen LogP contribution in [0.4, 0.5) is 15.8 Å². The molecule has 2 aliphatic rings. The largest absolute Gasteiger partial charge is 0.486 e. The van der Waals surface area contributed by atoms with Crippen molar-refractivity contribution in [3.63, 3.8) is 0 Å². The van der Waals surface area contributed by atoms with Crippen molar-refractivity contribution in [1.82, 2.24) is 5.32 Å². The molecule has 8 nitrogen and oxygen atoms in total. The Kier molecular flexibility index (Phi) is 4.79. The molecule has 2 aromatic carbocycles. The van der Waals surface area contributed by atoms with E-state index in [-0.39, 0.29) is 24.1 Å². The lowest BCUT2D eigenvalue weighted by molar-refractivity contribution is -0.124. The van der Waals surface area contributed by atoms with Crippen LogP contribution in [-0.2, 0) is 9.59 Å². The van der Waals surface area contributed by atoms with Crippen molar-refractivity contribution in [2.75, 3.05) is 23.8 Å². The average Bonchev–Trinajstić information content (AvgIpc) is 2.69. The molecule has 2 amide bonds. The second-order valence-electron chi connectivity index (χ2n) is 6.23. The van der Waals surface area contributed by atoms with Gasteiger partial charge in [0.2, 0.25) is 17.8 Å². The Bertz CT molecular complexity index is 945. The van der Waals surface area contributed by atoms with E-state index in [1.54, 1.807) is 18.2 Å². The number of fused-ring (bicyclic) bond motifs is 1. The molecule has 3 N–H and O–H groups in total. The Morgan fingerprint density at radius 1 is 1.07 bits per heavy atom. The topological polar surface area (TPSA) is 101 Å². The third-order valence-electron chi connectivity index (χ3n) is 4.14. The molecule has 28 heavy (non-hydrogen) atoms. The average molecular weight is 384 g/mol. The summed E-state index contributed by atoms with van der Waals surface area (Å²) in [4.78, 5) is 28.8. The highest BCUT2D eigenvalue weighted by molar-refractivity contribution is 6.10. The summed E-state index contributed by atoms with van der Waals surface area (Å²) in [5, 5.41) is 8.16. The molecule has 2 heterocycles. The number of hydrogen-bond donors (Lipinski definition) is 3. The van der Waals surface area contributed by atoms with Crippen molar-refractivity contribution in [1.29, 1.82) is 0 Å². The first-order chi connectivity index (χ1) is 13.6. The Morgan fingerprint density at radius 3 is 2.57 bits per heavy atom. The lowest BCUT2D eigenvalue weighted by Crippen LogP contribution is -2.45. The van der Waals surface area contributed by atoms with E-state index >= 15 is 0 Å².